The van der Waals surface area contributed by atoms with Gasteiger partial charge in [-0.15, -0.1) is 12.4 Å². The molecule has 0 aliphatic carbocycles. The SMILES string of the molecule is CC(C)(C)c1cc(NC(=O)C2CNCCO2)n(C(C)(C)C)n1.Cl. The zero-order chi connectivity index (χ0) is 16.5. The molecule has 23 heavy (non-hydrogen) atoms. The first-order chi connectivity index (χ1) is 10.1. The predicted molar refractivity (Wildman–Crippen MR) is 94.4 cm³/mol. The van der Waals surface area contributed by atoms with Crippen molar-refractivity contribution in [2.45, 2.75) is 58.6 Å². The van der Waals surface area contributed by atoms with Gasteiger partial charge in [-0.2, -0.15) is 5.10 Å². The lowest BCUT2D eigenvalue weighted by molar-refractivity contribution is -0.128. The number of hydrogen-bond donors (Lipinski definition) is 2. The highest BCUT2D eigenvalue weighted by atomic mass is 35.5. The monoisotopic (exact) mass is 344 g/mol. The van der Waals surface area contributed by atoms with E-state index in [1.165, 1.54) is 0 Å². The minimum absolute atomic E-state index is 0. The molecule has 0 spiro atoms. The minimum atomic E-state index is -0.449. The molecule has 1 unspecified atom stereocenters. The van der Waals surface area contributed by atoms with Crippen molar-refractivity contribution < 1.29 is 9.53 Å². The van der Waals surface area contributed by atoms with Crippen LogP contribution >= 0.6 is 12.4 Å². The summed E-state index contributed by atoms with van der Waals surface area (Å²) in [5.41, 5.74) is 0.678. The second-order valence-corrected chi connectivity index (χ2v) is 7.80. The van der Waals surface area contributed by atoms with Crippen molar-refractivity contribution in [3.8, 4) is 0 Å². The number of carbonyl (C=O) groups excluding carboxylic acids is 1. The number of rotatable bonds is 2. The molecule has 1 aromatic rings. The average Bonchev–Trinajstić information content (AvgIpc) is 2.83. The van der Waals surface area contributed by atoms with Crippen molar-refractivity contribution in [2.24, 2.45) is 0 Å². The van der Waals surface area contributed by atoms with Crippen LogP contribution in [0, 0.1) is 0 Å². The Kier molecular flexibility index (Phi) is 6.24. The summed E-state index contributed by atoms with van der Waals surface area (Å²) in [6.07, 6.45) is -0.449. The van der Waals surface area contributed by atoms with Gasteiger partial charge in [-0.1, -0.05) is 20.8 Å². The van der Waals surface area contributed by atoms with Crippen LogP contribution in [-0.2, 0) is 20.5 Å². The molecular formula is C16H29ClN4O2. The first kappa shape index (κ1) is 19.9. The first-order valence-corrected chi connectivity index (χ1v) is 7.83. The van der Waals surface area contributed by atoms with E-state index in [4.69, 9.17) is 9.84 Å². The van der Waals surface area contributed by atoms with Crippen LogP contribution in [0.2, 0.25) is 0 Å². The van der Waals surface area contributed by atoms with Crippen LogP contribution in [0.15, 0.2) is 6.07 Å². The van der Waals surface area contributed by atoms with Crippen molar-refractivity contribution in [3.05, 3.63) is 11.8 Å². The van der Waals surface area contributed by atoms with Crippen molar-refractivity contribution >= 4 is 24.1 Å². The summed E-state index contributed by atoms with van der Waals surface area (Å²) < 4.78 is 7.38. The number of anilines is 1. The summed E-state index contributed by atoms with van der Waals surface area (Å²) >= 11 is 0. The Labute approximate surface area is 144 Å². The number of halogens is 1. The molecule has 2 rings (SSSR count). The van der Waals surface area contributed by atoms with Crippen LogP contribution in [0.4, 0.5) is 5.82 Å². The Morgan fingerprint density at radius 2 is 2.00 bits per heavy atom. The van der Waals surface area contributed by atoms with E-state index in [0.29, 0.717) is 13.2 Å². The van der Waals surface area contributed by atoms with Gasteiger partial charge >= 0.3 is 0 Å². The third-order valence-corrected chi connectivity index (χ3v) is 3.58. The number of aromatic nitrogens is 2. The van der Waals surface area contributed by atoms with E-state index >= 15 is 0 Å². The highest BCUT2D eigenvalue weighted by molar-refractivity contribution is 5.93. The zero-order valence-corrected chi connectivity index (χ0v) is 15.7. The number of carbonyl (C=O) groups is 1. The van der Waals surface area contributed by atoms with Gasteiger partial charge in [0.1, 0.15) is 11.9 Å². The van der Waals surface area contributed by atoms with Crippen molar-refractivity contribution in [1.29, 1.82) is 0 Å². The van der Waals surface area contributed by atoms with E-state index in [9.17, 15) is 4.79 Å². The Morgan fingerprint density at radius 1 is 1.35 bits per heavy atom. The lowest BCUT2D eigenvalue weighted by Crippen LogP contribution is -2.45. The molecule has 0 radical (unpaired) electrons. The van der Waals surface area contributed by atoms with Crippen LogP contribution in [0.5, 0.6) is 0 Å². The van der Waals surface area contributed by atoms with Crippen molar-refractivity contribution in [3.63, 3.8) is 0 Å². The topological polar surface area (TPSA) is 68.2 Å². The van der Waals surface area contributed by atoms with Gasteiger partial charge in [0, 0.05) is 24.6 Å². The molecule has 0 saturated carbocycles. The van der Waals surface area contributed by atoms with Gasteiger partial charge in [0.25, 0.3) is 5.91 Å². The Balaban J connectivity index is 0.00000264. The molecule has 6 nitrogen and oxygen atoms in total. The number of nitrogens with one attached hydrogen (secondary N) is 2. The normalized spacial score (nSPS) is 19.1. The van der Waals surface area contributed by atoms with E-state index in [2.05, 4.69) is 52.2 Å². The predicted octanol–water partition coefficient (Wildman–Crippen LogP) is 2.28. The van der Waals surface area contributed by atoms with Gasteiger partial charge in [-0.3, -0.25) is 4.79 Å². The third kappa shape index (κ3) is 4.93. The fourth-order valence-electron chi connectivity index (χ4n) is 2.29. The summed E-state index contributed by atoms with van der Waals surface area (Å²) in [4.78, 5) is 12.4. The summed E-state index contributed by atoms with van der Waals surface area (Å²) in [6.45, 7) is 14.4. The first-order valence-electron chi connectivity index (χ1n) is 7.83. The fourth-order valence-corrected chi connectivity index (χ4v) is 2.29. The number of hydrogen-bond acceptors (Lipinski definition) is 4. The smallest absolute Gasteiger partial charge is 0.255 e. The maximum Gasteiger partial charge on any atom is 0.255 e. The van der Waals surface area contributed by atoms with E-state index in [0.717, 1.165) is 18.1 Å². The molecule has 7 heteroatoms. The highest BCUT2D eigenvalue weighted by Crippen LogP contribution is 2.28. The quantitative estimate of drug-likeness (QED) is 0.863. The second kappa shape index (κ2) is 7.20. The number of ether oxygens (including phenoxy) is 1. The van der Waals surface area contributed by atoms with Gasteiger partial charge in [0.05, 0.1) is 17.8 Å². The van der Waals surface area contributed by atoms with Crippen LogP contribution in [0.25, 0.3) is 0 Å². The van der Waals surface area contributed by atoms with Gasteiger partial charge in [-0.25, -0.2) is 4.68 Å². The Morgan fingerprint density at radius 3 is 2.48 bits per heavy atom. The summed E-state index contributed by atoms with van der Waals surface area (Å²) in [7, 11) is 0. The molecule has 0 aromatic carbocycles. The molecule has 1 aromatic heterocycles. The number of amides is 1. The number of nitrogens with zero attached hydrogens (tertiary/aromatic N) is 2. The molecular weight excluding hydrogens is 316 g/mol. The van der Waals surface area contributed by atoms with E-state index in [1.54, 1.807) is 0 Å². The Hall–Kier alpha value is -1.11. The second-order valence-electron chi connectivity index (χ2n) is 7.80. The largest absolute Gasteiger partial charge is 0.366 e. The zero-order valence-electron chi connectivity index (χ0n) is 14.9. The molecule has 1 saturated heterocycles. The molecule has 1 fully saturated rings. The maximum atomic E-state index is 12.4. The van der Waals surface area contributed by atoms with Gasteiger partial charge < -0.3 is 15.4 Å². The lowest BCUT2D eigenvalue weighted by Gasteiger charge is -2.25. The van der Waals surface area contributed by atoms with Crippen LogP contribution in [0.3, 0.4) is 0 Å². The standard InChI is InChI=1S/C16H28N4O2.ClH/c1-15(2,3)12-9-13(20(19-12)16(4,5)6)18-14(21)11-10-17-7-8-22-11;/h9,11,17H,7-8,10H2,1-6H3,(H,18,21);1H. The Bertz CT molecular complexity index is 537. The van der Waals surface area contributed by atoms with Crippen molar-refractivity contribution in [2.75, 3.05) is 25.0 Å². The molecule has 2 heterocycles. The van der Waals surface area contributed by atoms with Gasteiger partial charge in [0.2, 0.25) is 0 Å². The van der Waals surface area contributed by atoms with E-state index < -0.39 is 6.10 Å². The van der Waals surface area contributed by atoms with Gasteiger partial charge in [-0.05, 0) is 20.8 Å². The van der Waals surface area contributed by atoms with Crippen LogP contribution in [-0.4, -0.2) is 41.5 Å². The molecule has 132 valence electrons. The summed E-state index contributed by atoms with van der Waals surface area (Å²) in [5.74, 6) is 0.592. The number of morpholine rings is 1. The lowest BCUT2D eigenvalue weighted by atomic mass is 9.92. The van der Waals surface area contributed by atoms with Crippen LogP contribution in [0.1, 0.15) is 47.2 Å². The molecule has 2 N–H and O–H groups in total. The molecule has 1 amide bonds. The van der Waals surface area contributed by atoms with Gasteiger partial charge in [0.15, 0.2) is 0 Å². The summed E-state index contributed by atoms with van der Waals surface area (Å²) in [6, 6.07) is 1.96. The molecule has 1 aliphatic rings. The van der Waals surface area contributed by atoms with E-state index in [1.807, 2.05) is 10.7 Å². The summed E-state index contributed by atoms with van der Waals surface area (Å²) in [5, 5.41) is 10.8. The third-order valence-electron chi connectivity index (χ3n) is 3.58. The highest BCUT2D eigenvalue weighted by Gasteiger charge is 2.28. The fraction of sp³-hybridized carbons (Fsp3) is 0.750. The molecule has 1 aliphatic heterocycles. The van der Waals surface area contributed by atoms with E-state index in [-0.39, 0.29) is 29.3 Å². The molecule has 1 atom stereocenters. The van der Waals surface area contributed by atoms with Crippen LogP contribution < -0.4 is 10.6 Å². The van der Waals surface area contributed by atoms with Crippen molar-refractivity contribution in [1.82, 2.24) is 15.1 Å². The maximum absolute atomic E-state index is 12.4. The minimum Gasteiger partial charge on any atom is -0.366 e. The average molecular weight is 345 g/mol. The molecule has 0 bridgehead atoms.